The van der Waals surface area contributed by atoms with Gasteiger partial charge < -0.3 is 5.32 Å². The van der Waals surface area contributed by atoms with E-state index in [1.54, 1.807) is 0 Å². The van der Waals surface area contributed by atoms with E-state index in [2.05, 4.69) is 23.8 Å². The van der Waals surface area contributed by atoms with Gasteiger partial charge >= 0.3 is 0 Å². The third kappa shape index (κ3) is 7.37. The summed E-state index contributed by atoms with van der Waals surface area (Å²) >= 11 is 0. The highest BCUT2D eigenvalue weighted by Crippen LogP contribution is 1.67. The second kappa shape index (κ2) is 7.37. The molecular formula is C7H14N2. The van der Waals surface area contributed by atoms with Crippen molar-refractivity contribution in [1.82, 2.24) is 5.32 Å². The number of nitrogens with zero attached hydrogens (tertiary/aromatic N) is 1. The molecule has 0 fully saturated rings. The van der Waals surface area contributed by atoms with Gasteiger partial charge in [0.05, 0.1) is 0 Å². The Labute approximate surface area is 56.7 Å². The van der Waals surface area contributed by atoms with Crippen LogP contribution in [0.1, 0.15) is 13.3 Å². The zero-order chi connectivity index (χ0) is 6.95. The molecule has 0 aliphatic carbocycles. The van der Waals surface area contributed by atoms with Gasteiger partial charge in [-0.1, -0.05) is 13.5 Å². The molecule has 0 aromatic rings. The molecule has 0 amide bonds. The Morgan fingerprint density at radius 2 is 2.44 bits per heavy atom. The number of hydrogen-bond donors (Lipinski definition) is 1. The largest absolute Gasteiger partial charge is 0.312 e. The van der Waals surface area contributed by atoms with E-state index in [1.807, 2.05) is 6.21 Å². The van der Waals surface area contributed by atoms with Gasteiger partial charge in [-0.15, -0.1) is 0 Å². The highest BCUT2D eigenvalue weighted by atomic mass is 14.9. The van der Waals surface area contributed by atoms with Gasteiger partial charge in [0.15, 0.2) is 0 Å². The summed E-state index contributed by atoms with van der Waals surface area (Å²) in [4.78, 5) is 3.82. The molecule has 9 heavy (non-hydrogen) atoms. The van der Waals surface area contributed by atoms with Crippen LogP contribution >= 0.6 is 0 Å². The Balaban J connectivity index is 2.90. The monoisotopic (exact) mass is 126 g/mol. The van der Waals surface area contributed by atoms with Crippen LogP contribution in [-0.2, 0) is 0 Å². The summed E-state index contributed by atoms with van der Waals surface area (Å²) in [7, 11) is 0. The summed E-state index contributed by atoms with van der Waals surface area (Å²) < 4.78 is 0. The first-order valence-corrected chi connectivity index (χ1v) is 3.25. The quantitative estimate of drug-likeness (QED) is 0.434. The average molecular weight is 126 g/mol. The molecule has 2 heteroatoms. The Hall–Kier alpha value is -0.630. The van der Waals surface area contributed by atoms with Crippen LogP contribution in [0, 0.1) is 0 Å². The van der Waals surface area contributed by atoms with Crippen molar-refractivity contribution in [2.75, 3.05) is 13.1 Å². The summed E-state index contributed by atoms with van der Waals surface area (Å²) in [6.07, 6.45) is 4.51. The molecule has 0 aromatic heterocycles. The van der Waals surface area contributed by atoms with Gasteiger partial charge in [0.1, 0.15) is 0 Å². The fraction of sp³-hybridized carbons (Fsp3) is 0.571. The second-order valence-corrected chi connectivity index (χ2v) is 1.72. The lowest BCUT2D eigenvalue weighted by molar-refractivity contribution is 0.746. The molecule has 0 rings (SSSR count). The first-order valence-electron chi connectivity index (χ1n) is 3.25. The van der Waals surface area contributed by atoms with E-state index in [4.69, 9.17) is 0 Å². The van der Waals surface area contributed by atoms with Crippen LogP contribution in [-0.4, -0.2) is 19.3 Å². The van der Waals surface area contributed by atoms with Crippen molar-refractivity contribution in [3.63, 3.8) is 0 Å². The minimum Gasteiger partial charge on any atom is -0.312 e. The van der Waals surface area contributed by atoms with Crippen molar-refractivity contribution in [3.8, 4) is 0 Å². The Morgan fingerprint density at radius 1 is 1.67 bits per heavy atom. The Kier molecular flexibility index (Phi) is 6.85. The molecule has 0 aliphatic rings. The molecule has 0 radical (unpaired) electrons. The van der Waals surface area contributed by atoms with E-state index >= 15 is 0 Å². The third-order valence-electron chi connectivity index (χ3n) is 0.873. The maximum absolute atomic E-state index is 3.82. The van der Waals surface area contributed by atoms with Gasteiger partial charge in [-0.2, -0.15) is 0 Å². The van der Waals surface area contributed by atoms with E-state index in [1.165, 1.54) is 12.6 Å². The molecule has 0 bridgehead atoms. The highest BCUT2D eigenvalue weighted by Gasteiger charge is 1.76. The topological polar surface area (TPSA) is 24.4 Å². The van der Waals surface area contributed by atoms with Gasteiger partial charge in [-0.25, -0.2) is 0 Å². The highest BCUT2D eigenvalue weighted by molar-refractivity contribution is 5.60. The van der Waals surface area contributed by atoms with Gasteiger partial charge in [0.25, 0.3) is 0 Å². The lowest BCUT2D eigenvalue weighted by atomic mass is 10.5. The molecule has 0 saturated heterocycles. The van der Waals surface area contributed by atoms with E-state index in [0.717, 1.165) is 13.1 Å². The summed E-state index contributed by atoms with van der Waals surface area (Å²) in [5.74, 6) is 0. The van der Waals surface area contributed by atoms with E-state index in [0.29, 0.717) is 0 Å². The zero-order valence-corrected chi connectivity index (χ0v) is 5.93. The Bertz CT molecular complexity index is 86.9. The summed E-state index contributed by atoms with van der Waals surface area (Å²) in [6.45, 7) is 7.50. The fourth-order valence-electron chi connectivity index (χ4n) is 0.471. The number of nitrogens with one attached hydrogen (secondary N) is 1. The predicted octanol–water partition coefficient (Wildman–Crippen LogP) is 1.20. The first-order chi connectivity index (χ1) is 4.41. The van der Waals surface area contributed by atoms with E-state index in [9.17, 15) is 0 Å². The molecule has 0 aliphatic heterocycles. The minimum absolute atomic E-state index is 0.847. The van der Waals surface area contributed by atoms with Crippen LogP contribution in [0.4, 0.5) is 0 Å². The maximum Gasteiger partial charge on any atom is 0.0309 e. The zero-order valence-electron chi connectivity index (χ0n) is 5.93. The summed E-state index contributed by atoms with van der Waals surface area (Å²) in [5.41, 5.74) is 0. The molecule has 1 N–H and O–H groups in total. The van der Waals surface area contributed by atoms with Gasteiger partial charge in [0.2, 0.25) is 0 Å². The van der Waals surface area contributed by atoms with Crippen molar-refractivity contribution >= 4 is 6.21 Å². The molecule has 0 aromatic carbocycles. The number of hydrogen-bond acceptors (Lipinski definition) is 2. The van der Waals surface area contributed by atoms with Gasteiger partial charge in [0, 0.05) is 19.0 Å². The molecule has 0 saturated carbocycles. The van der Waals surface area contributed by atoms with Crippen LogP contribution in [0.2, 0.25) is 0 Å². The minimum atomic E-state index is 0.847. The van der Waals surface area contributed by atoms with Crippen LogP contribution in [0.5, 0.6) is 0 Å². The van der Waals surface area contributed by atoms with Crippen LogP contribution < -0.4 is 5.32 Å². The molecule has 0 spiro atoms. The van der Waals surface area contributed by atoms with Gasteiger partial charge in [-0.05, 0) is 13.0 Å². The second-order valence-electron chi connectivity index (χ2n) is 1.72. The fourth-order valence-corrected chi connectivity index (χ4v) is 0.471. The third-order valence-corrected chi connectivity index (χ3v) is 0.873. The lowest BCUT2D eigenvalue weighted by Gasteiger charge is -1.93. The van der Waals surface area contributed by atoms with Crippen molar-refractivity contribution < 1.29 is 0 Å². The first kappa shape index (κ1) is 8.37. The molecule has 52 valence electrons. The lowest BCUT2D eigenvalue weighted by Crippen LogP contribution is -2.16. The number of rotatable bonds is 5. The van der Waals surface area contributed by atoms with Crippen molar-refractivity contribution in [1.29, 1.82) is 0 Å². The normalized spacial score (nSPS) is 10.3. The molecule has 0 atom stereocenters. The number of aliphatic imine (C=N–C) groups is 1. The smallest absolute Gasteiger partial charge is 0.0309 e. The molecule has 2 nitrogen and oxygen atoms in total. The summed E-state index contributed by atoms with van der Waals surface area (Å²) in [5, 5.41) is 3.17. The van der Waals surface area contributed by atoms with Crippen LogP contribution in [0.25, 0.3) is 0 Å². The van der Waals surface area contributed by atoms with Crippen LogP contribution in [0.15, 0.2) is 17.8 Å². The molecule has 0 unspecified atom stereocenters. The standard InChI is InChI=1S/C7H14N2/c1-3-5-9-7-6-8-4-2/h4,6,9H,2-3,5,7H2,1H3/b8-6-. The van der Waals surface area contributed by atoms with Gasteiger partial charge in [-0.3, -0.25) is 4.99 Å². The van der Waals surface area contributed by atoms with Crippen LogP contribution in [0.3, 0.4) is 0 Å². The Morgan fingerprint density at radius 3 is 3.00 bits per heavy atom. The van der Waals surface area contributed by atoms with E-state index in [-0.39, 0.29) is 0 Å². The summed E-state index contributed by atoms with van der Waals surface area (Å²) in [6, 6.07) is 0. The maximum atomic E-state index is 3.82. The molecular weight excluding hydrogens is 112 g/mol. The SMILES string of the molecule is C=C/N=C\CNCCC. The average Bonchev–Trinajstić information content (AvgIpc) is 1.89. The van der Waals surface area contributed by atoms with Crippen molar-refractivity contribution in [2.24, 2.45) is 4.99 Å². The predicted molar refractivity (Wildman–Crippen MR) is 41.8 cm³/mol. The van der Waals surface area contributed by atoms with Crippen molar-refractivity contribution in [3.05, 3.63) is 12.8 Å². The van der Waals surface area contributed by atoms with Crippen molar-refractivity contribution in [2.45, 2.75) is 13.3 Å². The van der Waals surface area contributed by atoms with E-state index < -0.39 is 0 Å². The molecule has 0 heterocycles.